The van der Waals surface area contributed by atoms with Gasteiger partial charge in [0, 0.05) is 6.04 Å². The maximum absolute atomic E-state index is 11.7. The molecular formula is C16H20N2O2S. The van der Waals surface area contributed by atoms with Crippen molar-refractivity contribution in [2.75, 3.05) is 14.1 Å². The molecule has 1 atom stereocenters. The summed E-state index contributed by atoms with van der Waals surface area (Å²) in [6, 6.07) is 17.4. The van der Waals surface area contributed by atoms with Gasteiger partial charge in [-0.15, -0.1) is 0 Å². The van der Waals surface area contributed by atoms with E-state index in [4.69, 9.17) is 0 Å². The average molecular weight is 304 g/mol. The van der Waals surface area contributed by atoms with Gasteiger partial charge in [0.05, 0.1) is 4.90 Å². The molecule has 112 valence electrons. The first-order valence-electron chi connectivity index (χ1n) is 6.81. The lowest BCUT2D eigenvalue weighted by Gasteiger charge is -2.17. The van der Waals surface area contributed by atoms with Crippen LogP contribution in [0.3, 0.4) is 0 Å². The molecule has 4 nitrogen and oxygen atoms in total. The highest BCUT2D eigenvalue weighted by atomic mass is 32.2. The molecule has 0 bridgehead atoms. The quantitative estimate of drug-likeness (QED) is 0.859. The van der Waals surface area contributed by atoms with Gasteiger partial charge in [0.25, 0.3) is 0 Å². The highest BCUT2D eigenvalue weighted by Gasteiger charge is 2.13. The van der Waals surface area contributed by atoms with Crippen LogP contribution in [0.15, 0.2) is 59.5 Å². The summed E-state index contributed by atoms with van der Waals surface area (Å²) in [6.07, 6.45) is 0.806. The van der Waals surface area contributed by atoms with E-state index in [0.717, 1.165) is 12.0 Å². The summed E-state index contributed by atoms with van der Waals surface area (Å²) >= 11 is 0. The van der Waals surface area contributed by atoms with E-state index >= 15 is 0 Å². The smallest absolute Gasteiger partial charge is 0.240 e. The minimum absolute atomic E-state index is 0.206. The topological polar surface area (TPSA) is 58.2 Å². The average Bonchev–Trinajstić information content (AvgIpc) is 2.54. The van der Waals surface area contributed by atoms with E-state index in [2.05, 4.69) is 22.2 Å². The van der Waals surface area contributed by atoms with Crippen molar-refractivity contribution in [1.29, 1.82) is 0 Å². The summed E-state index contributed by atoms with van der Waals surface area (Å²) < 4.78 is 25.7. The molecule has 0 aliphatic rings. The number of likely N-dealkylation sites (N-methyl/N-ethyl adjacent to an activating group) is 1. The Balaban J connectivity index is 2.16. The molecule has 0 saturated carbocycles. The summed E-state index contributed by atoms with van der Waals surface area (Å²) in [6.45, 7) is 0. The lowest BCUT2D eigenvalue weighted by molar-refractivity contribution is 0.586. The lowest BCUT2D eigenvalue weighted by Crippen LogP contribution is -2.19. The third-order valence-electron chi connectivity index (χ3n) is 3.49. The van der Waals surface area contributed by atoms with E-state index in [1.54, 1.807) is 12.1 Å². The molecule has 1 unspecified atom stereocenters. The van der Waals surface area contributed by atoms with Crippen molar-refractivity contribution < 1.29 is 8.42 Å². The number of sulfonamides is 1. The van der Waals surface area contributed by atoms with E-state index in [1.165, 1.54) is 12.6 Å². The number of benzene rings is 2. The van der Waals surface area contributed by atoms with Gasteiger partial charge in [0.2, 0.25) is 10.0 Å². The zero-order chi connectivity index (χ0) is 15.3. The minimum atomic E-state index is -3.37. The second-order valence-corrected chi connectivity index (χ2v) is 6.69. The second kappa shape index (κ2) is 6.85. The Labute approximate surface area is 126 Å². The molecule has 0 aliphatic heterocycles. The van der Waals surface area contributed by atoms with Crippen molar-refractivity contribution in [3.8, 4) is 0 Å². The van der Waals surface area contributed by atoms with Gasteiger partial charge in [0.15, 0.2) is 0 Å². The Morgan fingerprint density at radius 2 is 1.57 bits per heavy atom. The monoisotopic (exact) mass is 304 g/mol. The van der Waals surface area contributed by atoms with Crippen LogP contribution in [0.4, 0.5) is 0 Å². The van der Waals surface area contributed by atoms with Crippen LogP contribution in [0.2, 0.25) is 0 Å². The SMILES string of the molecule is CNC(Cc1ccc(S(=O)(=O)NC)cc1)c1ccccc1. The van der Waals surface area contributed by atoms with E-state index in [9.17, 15) is 8.42 Å². The molecule has 2 rings (SSSR count). The van der Waals surface area contributed by atoms with Gasteiger partial charge in [-0.25, -0.2) is 13.1 Å². The number of rotatable bonds is 6. The standard InChI is InChI=1S/C16H20N2O2S/c1-17-16(14-6-4-3-5-7-14)12-13-8-10-15(11-9-13)21(19,20)18-2/h3-11,16-18H,12H2,1-2H3. The second-order valence-electron chi connectivity index (χ2n) is 4.81. The fraction of sp³-hybridized carbons (Fsp3) is 0.250. The van der Waals surface area contributed by atoms with Gasteiger partial charge in [-0.05, 0) is 43.8 Å². The Morgan fingerprint density at radius 3 is 2.10 bits per heavy atom. The summed E-state index contributed by atoms with van der Waals surface area (Å²) in [5.41, 5.74) is 2.31. The zero-order valence-corrected chi connectivity index (χ0v) is 13.0. The Kier molecular flexibility index (Phi) is 5.12. The molecule has 0 aromatic heterocycles. The molecule has 0 spiro atoms. The summed E-state index contributed by atoms with van der Waals surface area (Å²) in [5, 5.41) is 3.29. The van der Waals surface area contributed by atoms with Crippen molar-refractivity contribution in [3.63, 3.8) is 0 Å². The first-order valence-corrected chi connectivity index (χ1v) is 8.30. The Bertz CT molecular complexity index is 667. The first kappa shape index (κ1) is 15.7. The minimum Gasteiger partial charge on any atom is -0.313 e. The van der Waals surface area contributed by atoms with Gasteiger partial charge in [0.1, 0.15) is 0 Å². The maximum atomic E-state index is 11.7. The van der Waals surface area contributed by atoms with E-state index in [1.807, 2.05) is 37.4 Å². The fourth-order valence-corrected chi connectivity index (χ4v) is 2.96. The third-order valence-corrected chi connectivity index (χ3v) is 4.92. The fourth-order valence-electron chi connectivity index (χ4n) is 2.23. The third kappa shape index (κ3) is 3.91. The summed E-state index contributed by atoms with van der Waals surface area (Å²) in [7, 11) is -0.0263. The normalized spacial score (nSPS) is 13.0. The highest BCUT2D eigenvalue weighted by molar-refractivity contribution is 7.89. The lowest BCUT2D eigenvalue weighted by atomic mass is 9.99. The zero-order valence-electron chi connectivity index (χ0n) is 12.2. The maximum Gasteiger partial charge on any atom is 0.240 e. The van der Waals surface area contributed by atoms with Crippen LogP contribution in [0.1, 0.15) is 17.2 Å². The largest absolute Gasteiger partial charge is 0.313 e. The van der Waals surface area contributed by atoms with Crippen LogP contribution in [-0.2, 0) is 16.4 Å². The predicted molar refractivity (Wildman–Crippen MR) is 84.6 cm³/mol. The molecule has 2 aromatic rings. The summed E-state index contributed by atoms with van der Waals surface area (Å²) in [5.74, 6) is 0. The first-order chi connectivity index (χ1) is 10.1. The van der Waals surface area contributed by atoms with Crippen molar-refractivity contribution in [1.82, 2.24) is 10.0 Å². The number of hydrogen-bond donors (Lipinski definition) is 2. The van der Waals surface area contributed by atoms with Crippen LogP contribution < -0.4 is 10.0 Å². The van der Waals surface area contributed by atoms with Crippen molar-refractivity contribution >= 4 is 10.0 Å². The number of hydrogen-bond acceptors (Lipinski definition) is 3. The molecule has 0 radical (unpaired) electrons. The van der Waals surface area contributed by atoms with Crippen LogP contribution >= 0.6 is 0 Å². The van der Waals surface area contributed by atoms with Gasteiger partial charge in [-0.2, -0.15) is 0 Å². The molecule has 0 heterocycles. The molecule has 0 amide bonds. The Hall–Kier alpha value is -1.69. The predicted octanol–water partition coefficient (Wildman–Crippen LogP) is 2.10. The molecule has 2 N–H and O–H groups in total. The van der Waals surface area contributed by atoms with E-state index in [0.29, 0.717) is 0 Å². The van der Waals surface area contributed by atoms with Gasteiger partial charge in [-0.1, -0.05) is 42.5 Å². The Morgan fingerprint density at radius 1 is 0.952 bits per heavy atom. The highest BCUT2D eigenvalue weighted by Crippen LogP contribution is 2.19. The van der Waals surface area contributed by atoms with Crippen LogP contribution in [-0.4, -0.2) is 22.5 Å². The van der Waals surface area contributed by atoms with Gasteiger partial charge < -0.3 is 5.32 Å². The van der Waals surface area contributed by atoms with Gasteiger partial charge in [-0.3, -0.25) is 0 Å². The number of nitrogens with one attached hydrogen (secondary N) is 2. The molecule has 21 heavy (non-hydrogen) atoms. The molecule has 0 aliphatic carbocycles. The molecule has 5 heteroatoms. The van der Waals surface area contributed by atoms with Gasteiger partial charge >= 0.3 is 0 Å². The van der Waals surface area contributed by atoms with Crippen molar-refractivity contribution in [3.05, 3.63) is 65.7 Å². The van der Waals surface area contributed by atoms with Crippen molar-refractivity contribution in [2.24, 2.45) is 0 Å². The van der Waals surface area contributed by atoms with Crippen LogP contribution in [0, 0.1) is 0 Å². The van der Waals surface area contributed by atoms with E-state index < -0.39 is 10.0 Å². The molecular weight excluding hydrogens is 284 g/mol. The summed E-state index contributed by atoms with van der Waals surface area (Å²) in [4.78, 5) is 0.287. The van der Waals surface area contributed by atoms with Crippen LogP contribution in [0.25, 0.3) is 0 Å². The van der Waals surface area contributed by atoms with E-state index in [-0.39, 0.29) is 10.9 Å². The van der Waals surface area contributed by atoms with Crippen molar-refractivity contribution in [2.45, 2.75) is 17.4 Å². The molecule has 0 fully saturated rings. The molecule has 2 aromatic carbocycles. The molecule has 0 saturated heterocycles. The van der Waals surface area contributed by atoms with Crippen LogP contribution in [0.5, 0.6) is 0 Å².